The minimum absolute atomic E-state index is 0.0584. The number of carboxylic acids is 1. The Balaban J connectivity index is 2.18. The van der Waals surface area contributed by atoms with E-state index in [0.29, 0.717) is 11.5 Å². The van der Waals surface area contributed by atoms with Crippen molar-refractivity contribution in [2.45, 2.75) is 32.9 Å². The molecule has 0 fully saturated rings. The largest absolute Gasteiger partial charge is 0.478 e. The van der Waals surface area contributed by atoms with Crippen molar-refractivity contribution in [2.24, 2.45) is 0 Å². The van der Waals surface area contributed by atoms with Crippen molar-refractivity contribution in [2.75, 3.05) is 0 Å². The molecule has 8 heteroatoms. The summed E-state index contributed by atoms with van der Waals surface area (Å²) in [5, 5.41) is 19.5. The Bertz CT molecular complexity index is 718. The Morgan fingerprint density at radius 2 is 2.00 bits per heavy atom. The van der Waals surface area contributed by atoms with Gasteiger partial charge < -0.3 is 15.2 Å². The number of aromatic carboxylic acids is 1. The van der Waals surface area contributed by atoms with Gasteiger partial charge in [-0.3, -0.25) is 4.57 Å². The van der Waals surface area contributed by atoms with Crippen LogP contribution in [0, 0.1) is 0 Å². The topological polar surface area (TPSA) is 106 Å². The zero-order valence-corrected chi connectivity index (χ0v) is 13.1. The second-order valence-corrected chi connectivity index (χ2v) is 5.79. The highest BCUT2D eigenvalue weighted by Gasteiger charge is 2.18. The van der Waals surface area contributed by atoms with Gasteiger partial charge >= 0.3 is 12.1 Å². The molecule has 1 amide bonds. The number of hydrogen-bond acceptors (Lipinski definition) is 5. The molecular weight excluding hydrogens is 300 g/mol. The average molecular weight is 318 g/mol. The summed E-state index contributed by atoms with van der Waals surface area (Å²) in [6, 6.07) is 6.48. The van der Waals surface area contributed by atoms with Gasteiger partial charge in [-0.25, -0.2) is 9.59 Å². The summed E-state index contributed by atoms with van der Waals surface area (Å²) in [5.41, 5.74) is -0.0648. The van der Waals surface area contributed by atoms with Gasteiger partial charge in [-0.05, 0) is 32.9 Å². The van der Waals surface area contributed by atoms with E-state index in [1.54, 1.807) is 39.0 Å². The van der Waals surface area contributed by atoms with E-state index in [-0.39, 0.29) is 12.1 Å². The van der Waals surface area contributed by atoms with Gasteiger partial charge in [-0.15, -0.1) is 10.2 Å². The number of aromatic nitrogens is 3. The average Bonchev–Trinajstić information content (AvgIpc) is 2.91. The first-order valence-corrected chi connectivity index (χ1v) is 6.96. The molecule has 2 N–H and O–H groups in total. The van der Waals surface area contributed by atoms with Gasteiger partial charge in [0.25, 0.3) is 0 Å². The summed E-state index contributed by atoms with van der Waals surface area (Å²) >= 11 is 0. The molecule has 122 valence electrons. The predicted molar refractivity (Wildman–Crippen MR) is 81.4 cm³/mol. The summed E-state index contributed by atoms with van der Waals surface area (Å²) < 4.78 is 6.66. The second-order valence-electron chi connectivity index (χ2n) is 5.79. The van der Waals surface area contributed by atoms with Crippen molar-refractivity contribution in [3.63, 3.8) is 0 Å². The molecule has 0 bridgehead atoms. The molecule has 0 spiro atoms. The first-order valence-electron chi connectivity index (χ1n) is 6.96. The summed E-state index contributed by atoms with van der Waals surface area (Å²) in [6.07, 6.45) is 0.812. The summed E-state index contributed by atoms with van der Waals surface area (Å²) in [5.74, 6) is -0.662. The highest BCUT2D eigenvalue weighted by molar-refractivity contribution is 5.91. The number of nitrogens with one attached hydrogen (secondary N) is 1. The maximum atomic E-state index is 11.7. The van der Waals surface area contributed by atoms with Crippen molar-refractivity contribution in [1.82, 2.24) is 20.1 Å². The number of carbonyl (C=O) groups excluding carboxylic acids is 1. The van der Waals surface area contributed by atoms with Crippen LogP contribution in [0.25, 0.3) is 5.69 Å². The molecule has 0 aliphatic heterocycles. The number of amides is 1. The normalized spacial score (nSPS) is 11.1. The number of benzene rings is 1. The highest BCUT2D eigenvalue weighted by Crippen LogP contribution is 2.16. The Morgan fingerprint density at radius 3 is 2.65 bits per heavy atom. The van der Waals surface area contributed by atoms with E-state index >= 15 is 0 Å². The number of para-hydroxylation sites is 1. The molecular formula is C15H18N4O4. The lowest BCUT2D eigenvalue weighted by molar-refractivity contribution is 0.0521. The molecule has 0 atom stereocenters. The molecule has 1 heterocycles. The fourth-order valence-corrected chi connectivity index (χ4v) is 1.91. The lowest BCUT2D eigenvalue weighted by Crippen LogP contribution is -2.32. The first-order chi connectivity index (χ1) is 10.8. The molecule has 0 aliphatic carbocycles. The van der Waals surface area contributed by atoms with Gasteiger partial charge in [0.05, 0.1) is 17.8 Å². The van der Waals surface area contributed by atoms with Crippen LogP contribution in [0.2, 0.25) is 0 Å². The standard InChI is InChI=1S/C15H18N4O4/c1-15(2,3)23-14(22)16-8-12-18-17-9-19(12)11-7-5-4-6-10(11)13(20)21/h4-7,9H,8H2,1-3H3,(H,16,22)(H,20,21). The molecule has 0 aliphatic rings. The van der Waals surface area contributed by atoms with Crippen LogP contribution in [-0.2, 0) is 11.3 Å². The van der Waals surface area contributed by atoms with Crippen molar-refractivity contribution in [1.29, 1.82) is 0 Å². The van der Waals surface area contributed by atoms with E-state index in [2.05, 4.69) is 15.5 Å². The van der Waals surface area contributed by atoms with Gasteiger partial charge in [-0.1, -0.05) is 12.1 Å². The minimum Gasteiger partial charge on any atom is -0.478 e. The molecule has 2 rings (SSSR count). The Hall–Kier alpha value is -2.90. The predicted octanol–water partition coefficient (Wildman–Crippen LogP) is 1.99. The third-order valence-electron chi connectivity index (χ3n) is 2.80. The zero-order chi connectivity index (χ0) is 17.0. The van der Waals surface area contributed by atoms with Crippen LogP contribution < -0.4 is 5.32 Å². The van der Waals surface area contributed by atoms with Gasteiger partial charge in [0.2, 0.25) is 0 Å². The quantitative estimate of drug-likeness (QED) is 0.893. The number of carboxylic acid groups (broad SMARTS) is 1. The highest BCUT2D eigenvalue weighted by atomic mass is 16.6. The van der Waals surface area contributed by atoms with Crippen LogP contribution in [0.5, 0.6) is 0 Å². The molecule has 1 aromatic carbocycles. The van der Waals surface area contributed by atoms with Gasteiger partial charge in [0.15, 0.2) is 5.82 Å². The van der Waals surface area contributed by atoms with Crippen molar-refractivity contribution in [3.05, 3.63) is 42.0 Å². The molecule has 0 saturated carbocycles. The number of nitrogens with zero attached hydrogens (tertiary/aromatic N) is 3. The van der Waals surface area contributed by atoms with Crippen LogP contribution in [0.3, 0.4) is 0 Å². The van der Waals surface area contributed by atoms with E-state index in [1.807, 2.05) is 0 Å². The Kier molecular flexibility index (Phi) is 4.63. The van der Waals surface area contributed by atoms with E-state index < -0.39 is 17.7 Å². The van der Waals surface area contributed by atoms with Crippen LogP contribution in [0.15, 0.2) is 30.6 Å². The van der Waals surface area contributed by atoms with Crippen LogP contribution in [0.1, 0.15) is 37.0 Å². The lowest BCUT2D eigenvalue weighted by atomic mass is 10.2. The monoisotopic (exact) mass is 318 g/mol. The van der Waals surface area contributed by atoms with Crippen molar-refractivity contribution in [3.8, 4) is 5.69 Å². The summed E-state index contributed by atoms with van der Waals surface area (Å²) in [7, 11) is 0. The minimum atomic E-state index is -1.06. The molecule has 0 unspecified atom stereocenters. The van der Waals surface area contributed by atoms with Gasteiger partial charge in [0.1, 0.15) is 11.9 Å². The van der Waals surface area contributed by atoms with Crippen molar-refractivity contribution >= 4 is 12.1 Å². The fraction of sp³-hybridized carbons (Fsp3) is 0.333. The lowest BCUT2D eigenvalue weighted by Gasteiger charge is -2.19. The van der Waals surface area contributed by atoms with E-state index in [0.717, 1.165) is 0 Å². The Labute approximate surface area is 133 Å². The third kappa shape index (κ3) is 4.29. The summed E-state index contributed by atoms with van der Waals surface area (Å²) in [4.78, 5) is 23.0. The molecule has 23 heavy (non-hydrogen) atoms. The zero-order valence-electron chi connectivity index (χ0n) is 13.1. The van der Waals surface area contributed by atoms with E-state index in [1.165, 1.54) is 17.0 Å². The fourth-order valence-electron chi connectivity index (χ4n) is 1.91. The molecule has 1 aromatic heterocycles. The smallest absolute Gasteiger partial charge is 0.408 e. The second kappa shape index (κ2) is 6.47. The molecule has 8 nitrogen and oxygen atoms in total. The van der Waals surface area contributed by atoms with E-state index in [4.69, 9.17) is 4.74 Å². The Morgan fingerprint density at radius 1 is 1.30 bits per heavy atom. The number of carbonyl (C=O) groups is 2. The first kappa shape index (κ1) is 16.5. The SMILES string of the molecule is CC(C)(C)OC(=O)NCc1nncn1-c1ccccc1C(=O)O. The van der Waals surface area contributed by atoms with Crippen LogP contribution >= 0.6 is 0 Å². The third-order valence-corrected chi connectivity index (χ3v) is 2.80. The molecule has 2 aromatic rings. The van der Waals surface area contributed by atoms with Crippen LogP contribution in [0.4, 0.5) is 4.79 Å². The summed E-state index contributed by atoms with van der Waals surface area (Å²) in [6.45, 7) is 5.34. The molecule has 0 radical (unpaired) electrons. The van der Waals surface area contributed by atoms with E-state index in [9.17, 15) is 14.7 Å². The maximum Gasteiger partial charge on any atom is 0.408 e. The van der Waals surface area contributed by atoms with Gasteiger partial charge in [-0.2, -0.15) is 0 Å². The van der Waals surface area contributed by atoms with Crippen molar-refractivity contribution < 1.29 is 19.4 Å². The number of rotatable bonds is 4. The number of alkyl carbamates (subject to hydrolysis) is 1. The number of ether oxygens (including phenoxy) is 1. The maximum absolute atomic E-state index is 11.7. The molecule has 0 saturated heterocycles. The number of hydrogen-bond donors (Lipinski definition) is 2. The van der Waals surface area contributed by atoms with Crippen LogP contribution in [-0.4, -0.2) is 37.5 Å². The van der Waals surface area contributed by atoms with Gasteiger partial charge in [0, 0.05) is 0 Å².